The van der Waals surface area contributed by atoms with Crippen LogP contribution >= 0.6 is 0 Å². The van der Waals surface area contributed by atoms with Crippen molar-refractivity contribution in [2.45, 2.75) is 337 Å². The molecule has 65 heavy (non-hydrogen) atoms. The number of allylic oxidation sites excluding steroid dienone is 1. The Morgan fingerprint density at radius 1 is 0.538 bits per heavy atom. The topological polar surface area (TPSA) is 26.3 Å². The molecule has 0 saturated heterocycles. The minimum Gasteiger partial charge on any atom is -0.462 e. The molecule has 3 saturated carbocycles. The number of rotatable bonds is 40. The Labute approximate surface area is 408 Å². The van der Waals surface area contributed by atoms with Gasteiger partial charge in [-0.25, -0.2) is 0 Å². The number of hydrogen-bond acceptors (Lipinski definition) is 2. The lowest BCUT2D eigenvalue weighted by atomic mass is 9.47. The molecule has 3 fully saturated rings. The van der Waals surface area contributed by atoms with Gasteiger partial charge in [0, 0.05) is 12.8 Å². The highest BCUT2D eigenvalue weighted by molar-refractivity contribution is 5.69. The number of carbonyl (C=O) groups excluding carboxylic acids is 1. The fourth-order valence-electron chi connectivity index (χ4n) is 14.8. The molecule has 0 spiro atoms. The molecule has 8 unspecified atom stereocenters. The number of fused-ring (bicyclic) bond motifs is 5. The van der Waals surface area contributed by atoms with E-state index in [0.29, 0.717) is 17.3 Å². The summed E-state index contributed by atoms with van der Waals surface area (Å²) in [6.07, 6.45) is 65.2. The number of unbranched alkanes of at least 4 members (excludes halogenated alkanes) is 32. The second kappa shape index (κ2) is 33.7. The highest BCUT2D eigenvalue weighted by Gasteiger charge is 2.59. The summed E-state index contributed by atoms with van der Waals surface area (Å²) in [6.45, 7) is 15.0. The standard InChI is InChI=1S/C63H116O2/c1-7-8-9-10-11-12-13-14-15-16-17-18-19-20-21-22-23-24-25-26-27-28-29-30-31-32-33-34-35-36-37-38-39-43-61(64)65-56-48-50-62(5)55(52-56)44-45-57-59-47-46-58(54(4)42-40-41-53(2)3)63(59,6)51-49-60(57)62/h44,53-54,56-60H,7-43,45-52H2,1-6H3. The van der Waals surface area contributed by atoms with Gasteiger partial charge in [-0.1, -0.05) is 278 Å². The van der Waals surface area contributed by atoms with Crippen molar-refractivity contribution in [2.24, 2.45) is 46.3 Å². The van der Waals surface area contributed by atoms with Gasteiger partial charge in [0.2, 0.25) is 0 Å². The van der Waals surface area contributed by atoms with Gasteiger partial charge in [-0.05, 0) is 97.7 Å². The maximum absolute atomic E-state index is 13.0. The van der Waals surface area contributed by atoms with Crippen LogP contribution in [0.2, 0.25) is 0 Å². The predicted molar refractivity (Wildman–Crippen MR) is 286 cm³/mol. The van der Waals surface area contributed by atoms with Crippen LogP contribution in [-0.2, 0) is 9.53 Å². The Hall–Kier alpha value is -0.790. The van der Waals surface area contributed by atoms with E-state index in [1.54, 1.807) is 5.57 Å². The van der Waals surface area contributed by atoms with Crippen LogP contribution < -0.4 is 0 Å². The van der Waals surface area contributed by atoms with E-state index in [4.69, 9.17) is 4.74 Å². The second-order valence-electron chi connectivity index (χ2n) is 24.7. The molecular formula is C63H116O2. The van der Waals surface area contributed by atoms with Crippen LogP contribution in [0.15, 0.2) is 11.6 Å². The summed E-state index contributed by atoms with van der Waals surface area (Å²) < 4.78 is 6.18. The normalized spacial score (nSPS) is 26.8. The van der Waals surface area contributed by atoms with E-state index in [2.05, 4.69) is 47.6 Å². The third kappa shape index (κ3) is 21.0. The van der Waals surface area contributed by atoms with E-state index < -0.39 is 0 Å². The third-order valence-corrected chi connectivity index (χ3v) is 19.0. The van der Waals surface area contributed by atoms with Crippen LogP contribution in [0.1, 0.15) is 330 Å². The van der Waals surface area contributed by atoms with E-state index >= 15 is 0 Å². The molecule has 0 bridgehead atoms. The van der Waals surface area contributed by atoms with Crippen molar-refractivity contribution < 1.29 is 9.53 Å². The molecule has 4 aliphatic rings. The summed E-state index contributed by atoms with van der Waals surface area (Å²) in [7, 11) is 0. The molecule has 0 N–H and O–H groups in total. The predicted octanol–water partition coefficient (Wildman–Crippen LogP) is 21.2. The Kier molecular flexibility index (Phi) is 29.4. The van der Waals surface area contributed by atoms with Crippen LogP contribution in [-0.4, -0.2) is 12.1 Å². The van der Waals surface area contributed by atoms with E-state index in [1.165, 1.54) is 263 Å². The number of carbonyl (C=O) groups is 1. The van der Waals surface area contributed by atoms with Gasteiger partial charge in [-0.3, -0.25) is 4.79 Å². The van der Waals surface area contributed by atoms with Gasteiger partial charge in [0.1, 0.15) is 6.10 Å². The maximum Gasteiger partial charge on any atom is 0.306 e. The van der Waals surface area contributed by atoms with Crippen LogP contribution in [0.25, 0.3) is 0 Å². The summed E-state index contributed by atoms with van der Waals surface area (Å²) in [4.78, 5) is 13.0. The van der Waals surface area contributed by atoms with Gasteiger partial charge >= 0.3 is 5.97 Å². The zero-order valence-electron chi connectivity index (χ0n) is 45.3. The molecule has 0 aromatic rings. The largest absolute Gasteiger partial charge is 0.462 e. The lowest BCUT2D eigenvalue weighted by Gasteiger charge is -2.58. The highest BCUT2D eigenvalue weighted by atomic mass is 16.5. The van der Waals surface area contributed by atoms with Gasteiger partial charge in [0.25, 0.3) is 0 Å². The van der Waals surface area contributed by atoms with Crippen LogP contribution in [0.3, 0.4) is 0 Å². The van der Waals surface area contributed by atoms with Crippen LogP contribution in [0.4, 0.5) is 0 Å². The summed E-state index contributed by atoms with van der Waals surface area (Å²) in [6, 6.07) is 0. The van der Waals surface area contributed by atoms with Gasteiger partial charge in [-0.2, -0.15) is 0 Å². The van der Waals surface area contributed by atoms with Crippen LogP contribution in [0, 0.1) is 46.3 Å². The number of esters is 1. The van der Waals surface area contributed by atoms with Gasteiger partial charge < -0.3 is 4.74 Å². The molecular weight excluding hydrogens is 789 g/mol. The lowest BCUT2D eigenvalue weighted by molar-refractivity contribution is -0.151. The summed E-state index contributed by atoms with van der Waals surface area (Å²) in [5.74, 6) is 5.34. The first-order chi connectivity index (χ1) is 31.7. The van der Waals surface area contributed by atoms with Gasteiger partial charge in [0.15, 0.2) is 0 Å². The first-order valence-electron chi connectivity index (χ1n) is 30.6. The average Bonchev–Trinajstić information content (AvgIpc) is 3.65. The van der Waals surface area contributed by atoms with Crippen molar-refractivity contribution in [1.29, 1.82) is 0 Å². The molecule has 0 amide bonds. The molecule has 8 atom stereocenters. The minimum absolute atomic E-state index is 0.0709. The molecule has 2 heteroatoms. The maximum atomic E-state index is 13.0. The fraction of sp³-hybridized carbons (Fsp3) is 0.952. The van der Waals surface area contributed by atoms with Crippen molar-refractivity contribution in [1.82, 2.24) is 0 Å². The van der Waals surface area contributed by atoms with Gasteiger partial charge in [-0.15, -0.1) is 0 Å². The summed E-state index contributed by atoms with van der Waals surface area (Å²) in [5.41, 5.74) is 2.54. The minimum atomic E-state index is 0.0709. The third-order valence-electron chi connectivity index (χ3n) is 19.0. The molecule has 0 aromatic heterocycles. The molecule has 0 heterocycles. The molecule has 0 aromatic carbocycles. The first-order valence-corrected chi connectivity index (χ1v) is 30.6. The zero-order valence-corrected chi connectivity index (χ0v) is 45.3. The second-order valence-corrected chi connectivity index (χ2v) is 24.7. The summed E-state index contributed by atoms with van der Waals surface area (Å²) >= 11 is 0. The molecule has 0 radical (unpaired) electrons. The zero-order chi connectivity index (χ0) is 46.4. The quantitative estimate of drug-likeness (QED) is 0.0348. The number of ether oxygens (including phenoxy) is 1. The molecule has 380 valence electrons. The molecule has 4 rings (SSSR count). The van der Waals surface area contributed by atoms with E-state index in [1.807, 2.05) is 0 Å². The van der Waals surface area contributed by atoms with E-state index in [-0.39, 0.29) is 12.1 Å². The van der Waals surface area contributed by atoms with Crippen molar-refractivity contribution in [3.63, 3.8) is 0 Å². The van der Waals surface area contributed by atoms with E-state index in [0.717, 1.165) is 54.8 Å². The molecule has 4 aliphatic carbocycles. The smallest absolute Gasteiger partial charge is 0.306 e. The van der Waals surface area contributed by atoms with Crippen LogP contribution in [0.5, 0.6) is 0 Å². The number of hydrogen-bond donors (Lipinski definition) is 0. The van der Waals surface area contributed by atoms with Crippen molar-refractivity contribution in [3.8, 4) is 0 Å². The average molecular weight is 906 g/mol. The van der Waals surface area contributed by atoms with Crippen molar-refractivity contribution in [2.75, 3.05) is 0 Å². The SMILES string of the molecule is CCCCCCCCCCCCCCCCCCCCCCCCCCCCCCCCCCCC(=O)OC1CCC2(C)C(=CCC3C2CCC2(C)C(C(C)CCCC(C)C)CCC32)C1. The lowest BCUT2D eigenvalue weighted by Crippen LogP contribution is -2.51. The summed E-state index contributed by atoms with van der Waals surface area (Å²) in [5, 5.41) is 0. The molecule has 0 aliphatic heterocycles. The van der Waals surface area contributed by atoms with E-state index in [9.17, 15) is 4.79 Å². The Morgan fingerprint density at radius 2 is 0.985 bits per heavy atom. The fourth-order valence-corrected chi connectivity index (χ4v) is 14.8. The van der Waals surface area contributed by atoms with Crippen molar-refractivity contribution in [3.05, 3.63) is 11.6 Å². The Morgan fingerprint density at radius 3 is 1.43 bits per heavy atom. The van der Waals surface area contributed by atoms with Crippen molar-refractivity contribution >= 4 is 5.97 Å². The monoisotopic (exact) mass is 905 g/mol. The Balaban J connectivity index is 0.879. The Bertz CT molecular complexity index is 1220. The molecule has 2 nitrogen and oxygen atoms in total. The first kappa shape index (κ1) is 56.8. The highest BCUT2D eigenvalue weighted by Crippen LogP contribution is 2.67. The van der Waals surface area contributed by atoms with Gasteiger partial charge in [0.05, 0.1) is 0 Å².